The first kappa shape index (κ1) is 17.4. The molecule has 8 heteroatoms. The van der Waals surface area contributed by atoms with E-state index in [1.807, 2.05) is 36.6 Å². The molecule has 1 saturated carbocycles. The predicted octanol–water partition coefficient (Wildman–Crippen LogP) is 2.42. The fraction of sp³-hybridized carbons (Fsp3) is 0.263. The van der Waals surface area contributed by atoms with Gasteiger partial charge in [-0.3, -0.25) is 19.5 Å². The van der Waals surface area contributed by atoms with Crippen LogP contribution < -0.4 is 16.2 Å². The van der Waals surface area contributed by atoms with Gasteiger partial charge in [-0.05, 0) is 25.3 Å². The van der Waals surface area contributed by atoms with Gasteiger partial charge in [-0.2, -0.15) is 0 Å². The monoisotopic (exact) mass is 382 g/mol. The number of nitrogens with one attached hydrogen (secondary N) is 2. The van der Waals surface area contributed by atoms with E-state index in [0.29, 0.717) is 10.2 Å². The smallest absolute Gasteiger partial charge is 0.321 e. The van der Waals surface area contributed by atoms with Gasteiger partial charge < -0.3 is 5.32 Å². The first-order valence-electron chi connectivity index (χ1n) is 8.65. The van der Waals surface area contributed by atoms with Crippen molar-refractivity contribution < 1.29 is 9.59 Å². The van der Waals surface area contributed by atoms with Crippen molar-refractivity contribution in [2.24, 2.45) is 0 Å². The number of hydrogen-bond acceptors (Lipinski definition) is 5. The molecule has 138 valence electrons. The van der Waals surface area contributed by atoms with Gasteiger partial charge in [0, 0.05) is 17.0 Å². The van der Waals surface area contributed by atoms with Crippen molar-refractivity contribution in [2.45, 2.75) is 32.4 Å². The number of urea groups is 1. The lowest BCUT2D eigenvalue weighted by molar-refractivity contribution is -0.120. The second-order valence-electron chi connectivity index (χ2n) is 6.67. The molecule has 0 atom stereocenters. The number of benzene rings is 1. The topological polar surface area (TPSA) is 93.1 Å². The number of thiophene rings is 1. The average molecular weight is 382 g/mol. The van der Waals surface area contributed by atoms with E-state index in [-0.39, 0.29) is 18.1 Å². The van der Waals surface area contributed by atoms with Crippen LogP contribution in [0.4, 0.5) is 4.79 Å². The summed E-state index contributed by atoms with van der Waals surface area (Å²) in [6.07, 6.45) is 3.21. The minimum absolute atomic E-state index is 0.154. The minimum atomic E-state index is -0.552. The number of carbonyl (C=O) groups is 2. The van der Waals surface area contributed by atoms with Crippen LogP contribution in [-0.2, 0) is 11.3 Å². The number of rotatable bonds is 4. The predicted molar refractivity (Wildman–Crippen MR) is 104 cm³/mol. The van der Waals surface area contributed by atoms with Gasteiger partial charge >= 0.3 is 6.03 Å². The number of nitrogens with zero attached hydrogens (tertiary/aromatic N) is 2. The van der Waals surface area contributed by atoms with Crippen LogP contribution in [-0.4, -0.2) is 27.5 Å². The molecule has 2 heterocycles. The Morgan fingerprint density at radius 2 is 2.00 bits per heavy atom. The molecule has 0 radical (unpaired) electrons. The summed E-state index contributed by atoms with van der Waals surface area (Å²) in [5.74, 6) is -0.552. The fourth-order valence-electron chi connectivity index (χ4n) is 2.80. The summed E-state index contributed by atoms with van der Waals surface area (Å²) in [7, 11) is 0. The molecule has 2 aromatic heterocycles. The lowest BCUT2D eigenvalue weighted by Crippen LogP contribution is -2.42. The zero-order valence-corrected chi connectivity index (χ0v) is 15.5. The summed E-state index contributed by atoms with van der Waals surface area (Å²) in [6.45, 7) is 1.74. The molecule has 1 aromatic carbocycles. The van der Waals surface area contributed by atoms with Crippen molar-refractivity contribution in [3.63, 3.8) is 0 Å². The third-order valence-electron chi connectivity index (χ3n) is 4.40. The van der Waals surface area contributed by atoms with Gasteiger partial charge in [0.05, 0.1) is 11.7 Å². The summed E-state index contributed by atoms with van der Waals surface area (Å²) < 4.78 is 1.23. The van der Waals surface area contributed by atoms with E-state index in [1.165, 1.54) is 22.2 Å². The van der Waals surface area contributed by atoms with Gasteiger partial charge in [0.2, 0.25) is 5.91 Å². The van der Waals surface area contributed by atoms with Crippen LogP contribution in [0.3, 0.4) is 0 Å². The summed E-state index contributed by atoms with van der Waals surface area (Å²) in [5.41, 5.74) is 2.56. The second-order valence-corrected chi connectivity index (χ2v) is 7.53. The molecule has 0 bridgehead atoms. The summed E-state index contributed by atoms with van der Waals surface area (Å²) in [6, 6.07) is 7.52. The van der Waals surface area contributed by atoms with Crippen molar-refractivity contribution in [1.82, 2.24) is 20.2 Å². The molecule has 1 fully saturated rings. The average Bonchev–Trinajstić information content (AvgIpc) is 3.33. The Labute approximate surface area is 159 Å². The number of fused-ring (bicyclic) bond motifs is 1. The largest absolute Gasteiger partial charge is 0.335 e. The maximum absolute atomic E-state index is 12.9. The van der Waals surface area contributed by atoms with Crippen molar-refractivity contribution in [1.29, 1.82) is 0 Å². The lowest BCUT2D eigenvalue weighted by Gasteiger charge is -2.08. The molecule has 0 saturated heterocycles. The van der Waals surface area contributed by atoms with Crippen LogP contribution in [0.5, 0.6) is 0 Å². The van der Waals surface area contributed by atoms with Crippen LogP contribution >= 0.6 is 11.3 Å². The third kappa shape index (κ3) is 3.75. The summed E-state index contributed by atoms with van der Waals surface area (Å²) in [4.78, 5) is 41.6. The Kier molecular flexibility index (Phi) is 4.49. The van der Waals surface area contributed by atoms with E-state index < -0.39 is 11.9 Å². The standard InChI is InChI=1S/C19H18N4O3S/c1-11-2-4-12(5-3-11)14-9-27-17-16(14)18(25)23(10-20-17)8-15(24)22-19(26)21-13-6-7-13/h2-5,9-10,13H,6-8H2,1H3,(H2,21,22,24,26). The molecule has 27 heavy (non-hydrogen) atoms. The van der Waals surface area contributed by atoms with Crippen molar-refractivity contribution in [3.8, 4) is 11.1 Å². The zero-order valence-electron chi connectivity index (χ0n) is 14.7. The van der Waals surface area contributed by atoms with Crippen molar-refractivity contribution in [3.05, 3.63) is 51.9 Å². The van der Waals surface area contributed by atoms with Crippen LogP contribution in [0.1, 0.15) is 18.4 Å². The van der Waals surface area contributed by atoms with E-state index in [0.717, 1.165) is 29.5 Å². The number of aromatic nitrogens is 2. The lowest BCUT2D eigenvalue weighted by atomic mass is 10.1. The number of amides is 3. The second kappa shape index (κ2) is 6.96. The van der Waals surface area contributed by atoms with Crippen molar-refractivity contribution >= 4 is 33.5 Å². The molecule has 7 nitrogen and oxygen atoms in total. The van der Waals surface area contributed by atoms with Crippen LogP contribution in [0.15, 0.2) is 40.8 Å². The highest BCUT2D eigenvalue weighted by Gasteiger charge is 2.24. The van der Waals surface area contributed by atoms with Crippen LogP contribution in [0.25, 0.3) is 21.3 Å². The molecule has 1 aliphatic rings. The molecule has 3 amide bonds. The van der Waals surface area contributed by atoms with E-state index in [2.05, 4.69) is 15.6 Å². The van der Waals surface area contributed by atoms with E-state index in [1.54, 1.807) is 0 Å². The highest BCUT2D eigenvalue weighted by Crippen LogP contribution is 2.30. The van der Waals surface area contributed by atoms with E-state index >= 15 is 0 Å². The number of imide groups is 1. The Morgan fingerprint density at radius 3 is 2.70 bits per heavy atom. The highest BCUT2D eigenvalue weighted by atomic mass is 32.1. The molecular formula is C19H18N4O3S. The van der Waals surface area contributed by atoms with E-state index in [9.17, 15) is 14.4 Å². The summed E-state index contributed by atoms with van der Waals surface area (Å²) in [5, 5.41) is 7.31. The number of aryl methyl sites for hydroxylation is 1. The molecule has 3 aromatic rings. The first-order valence-corrected chi connectivity index (χ1v) is 9.53. The molecule has 4 rings (SSSR count). The number of hydrogen-bond donors (Lipinski definition) is 2. The molecule has 0 unspecified atom stereocenters. The molecule has 0 aliphatic heterocycles. The highest BCUT2D eigenvalue weighted by molar-refractivity contribution is 7.17. The molecule has 1 aliphatic carbocycles. The van der Waals surface area contributed by atoms with Gasteiger partial charge in [0.15, 0.2) is 0 Å². The first-order chi connectivity index (χ1) is 13.0. The van der Waals surface area contributed by atoms with Gasteiger partial charge in [0.25, 0.3) is 5.56 Å². The Bertz CT molecular complexity index is 1080. The Balaban J connectivity index is 1.60. The van der Waals surface area contributed by atoms with E-state index in [4.69, 9.17) is 0 Å². The number of carbonyl (C=O) groups excluding carboxylic acids is 2. The van der Waals surface area contributed by atoms with Gasteiger partial charge in [-0.15, -0.1) is 11.3 Å². The Morgan fingerprint density at radius 1 is 1.26 bits per heavy atom. The van der Waals surface area contributed by atoms with Gasteiger partial charge in [-0.25, -0.2) is 9.78 Å². The van der Waals surface area contributed by atoms with Gasteiger partial charge in [0.1, 0.15) is 11.4 Å². The SMILES string of the molecule is Cc1ccc(-c2csc3ncn(CC(=O)NC(=O)NC4CC4)c(=O)c23)cc1. The maximum Gasteiger partial charge on any atom is 0.321 e. The van der Waals surface area contributed by atoms with Crippen molar-refractivity contribution in [2.75, 3.05) is 0 Å². The zero-order chi connectivity index (χ0) is 19.0. The fourth-order valence-corrected chi connectivity index (χ4v) is 3.70. The van der Waals surface area contributed by atoms with Crippen LogP contribution in [0, 0.1) is 6.92 Å². The third-order valence-corrected chi connectivity index (χ3v) is 5.29. The quantitative estimate of drug-likeness (QED) is 0.725. The Hall–Kier alpha value is -3.00. The normalized spacial score (nSPS) is 13.5. The minimum Gasteiger partial charge on any atom is -0.335 e. The molecule has 0 spiro atoms. The molecular weight excluding hydrogens is 364 g/mol. The molecule has 2 N–H and O–H groups in total. The maximum atomic E-state index is 12.9. The van der Waals surface area contributed by atoms with Gasteiger partial charge in [-0.1, -0.05) is 29.8 Å². The van der Waals surface area contributed by atoms with Crippen LogP contribution in [0.2, 0.25) is 0 Å². The summed E-state index contributed by atoms with van der Waals surface area (Å²) >= 11 is 1.39.